The minimum atomic E-state index is -0.567. The fourth-order valence-electron chi connectivity index (χ4n) is 2.22. The van der Waals surface area contributed by atoms with Crippen molar-refractivity contribution in [3.63, 3.8) is 0 Å². The number of ether oxygens (including phenoxy) is 4. The Kier molecular flexibility index (Phi) is 9.14. The van der Waals surface area contributed by atoms with Crippen LogP contribution in [0.15, 0.2) is 24.3 Å². The maximum Gasteiger partial charge on any atom is 0.407 e. The molecule has 0 bridgehead atoms. The Labute approximate surface area is 166 Å². The highest BCUT2D eigenvalue weighted by atomic mass is 16.6. The molecule has 0 aliphatic carbocycles. The molecule has 0 aromatic heterocycles. The highest BCUT2D eigenvalue weighted by Crippen LogP contribution is 2.29. The van der Waals surface area contributed by atoms with Crippen molar-refractivity contribution in [2.75, 3.05) is 33.9 Å². The predicted octanol–water partition coefficient (Wildman–Crippen LogP) is 2.72. The number of rotatable bonds is 9. The quantitative estimate of drug-likeness (QED) is 0.378. The second-order valence-electron chi connectivity index (χ2n) is 6.73. The van der Waals surface area contributed by atoms with Crippen LogP contribution in [-0.2, 0) is 14.3 Å². The van der Waals surface area contributed by atoms with Crippen LogP contribution in [0, 0.1) is 0 Å². The van der Waals surface area contributed by atoms with Crippen LogP contribution in [0.25, 0.3) is 5.70 Å². The van der Waals surface area contributed by atoms with Gasteiger partial charge in [-0.2, -0.15) is 0 Å². The SMILES string of the molecule is CCOC(=O)/C=C(\NCCNC(=O)OC(C)(C)C)c1ccc(OC)cc1OC. The van der Waals surface area contributed by atoms with Crippen LogP contribution in [0.5, 0.6) is 11.5 Å². The van der Waals surface area contributed by atoms with Crippen LogP contribution >= 0.6 is 0 Å². The molecule has 1 aromatic carbocycles. The van der Waals surface area contributed by atoms with Crippen LogP contribution in [0.4, 0.5) is 4.79 Å². The summed E-state index contributed by atoms with van der Waals surface area (Å²) in [6.07, 6.45) is 0.841. The van der Waals surface area contributed by atoms with Gasteiger partial charge in [0, 0.05) is 30.8 Å². The van der Waals surface area contributed by atoms with Crippen molar-refractivity contribution in [2.45, 2.75) is 33.3 Å². The molecule has 1 rings (SSSR count). The number of amides is 1. The summed E-state index contributed by atoms with van der Waals surface area (Å²) in [5.41, 5.74) is 0.598. The van der Waals surface area contributed by atoms with Crippen molar-refractivity contribution >= 4 is 17.8 Å². The van der Waals surface area contributed by atoms with Crippen molar-refractivity contribution in [1.82, 2.24) is 10.6 Å². The van der Waals surface area contributed by atoms with Gasteiger partial charge in [0.15, 0.2) is 0 Å². The summed E-state index contributed by atoms with van der Waals surface area (Å²) in [6, 6.07) is 5.25. The molecule has 8 heteroatoms. The second kappa shape index (κ2) is 11.1. The molecule has 2 N–H and O–H groups in total. The van der Waals surface area contributed by atoms with E-state index in [2.05, 4.69) is 10.6 Å². The monoisotopic (exact) mass is 394 g/mol. The number of alkyl carbamates (subject to hydrolysis) is 1. The number of methoxy groups -OCH3 is 2. The summed E-state index contributed by atoms with van der Waals surface area (Å²) in [5, 5.41) is 5.78. The highest BCUT2D eigenvalue weighted by molar-refractivity contribution is 5.91. The van der Waals surface area contributed by atoms with E-state index in [1.54, 1.807) is 53.0 Å². The molecule has 0 radical (unpaired) electrons. The number of carbonyl (C=O) groups excluding carboxylic acids is 2. The number of nitrogens with one attached hydrogen (secondary N) is 2. The number of hydrogen-bond donors (Lipinski definition) is 2. The van der Waals surface area contributed by atoms with Gasteiger partial charge in [-0.15, -0.1) is 0 Å². The van der Waals surface area contributed by atoms with Crippen LogP contribution < -0.4 is 20.1 Å². The van der Waals surface area contributed by atoms with E-state index in [0.29, 0.717) is 35.8 Å². The maximum absolute atomic E-state index is 12.0. The number of benzene rings is 1. The van der Waals surface area contributed by atoms with Gasteiger partial charge in [-0.3, -0.25) is 0 Å². The molecular weight excluding hydrogens is 364 g/mol. The maximum atomic E-state index is 12.0. The van der Waals surface area contributed by atoms with Gasteiger partial charge < -0.3 is 29.6 Å². The zero-order chi connectivity index (χ0) is 21.2. The molecule has 156 valence electrons. The van der Waals surface area contributed by atoms with E-state index in [0.717, 1.165) is 0 Å². The summed E-state index contributed by atoms with van der Waals surface area (Å²) >= 11 is 0. The fourth-order valence-corrected chi connectivity index (χ4v) is 2.22. The van der Waals surface area contributed by atoms with Crippen LogP contribution in [0.3, 0.4) is 0 Å². The van der Waals surface area contributed by atoms with Gasteiger partial charge in [0.25, 0.3) is 0 Å². The van der Waals surface area contributed by atoms with E-state index >= 15 is 0 Å². The van der Waals surface area contributed by atoms with Gasteiger partial charge in [0.1, 0.15) is 17.1 Å². The molecule has 0 spiro atoms. The van der Waals surface area contributed by atoms with Gasteiger partial charge in [0.2, 0.25) is 0 Å². The summed E-state index contributed by atoms with van der Waals surface area (Å²) in [5.74, 6) is 0.674. The standard InChI is InChI=1S/C20H30N2O6/c1-7-27-18(23)13-16(15-9-8-14(25-5)12-17(15)26-6)21-10-11-22-19(24)28-20(2,3)4/h8-9,12-13,21H,7,10-11H2,1-6H3,(H,22,24)/b16-13-. The van der Waals surface area contributed by atoms with Crippen LogP contribution in [-0.4, -0.2) is 51.6 Å². The smallest absolute Gasteiger partial charge is 0.407 e. The van der Waals surface area contributed by atoms with E-state index in [-0.39, 0.29) is 6.61 Å². The zero-order valence-corrected chi connectivity index (χ0v) is 17.4. The Balaban J connectivity index is 2.88. The van der Waals surface area contributed by atoms with Crippen molar-refractivity contribution < 1.29 is 28.5 Å². The Hall–Kier alpha value is -2.90. The van der Waals surface area contributed by atoms with E-state index < -0.39 is 17.7 Å². The summed E-state index contributed by atoms with van der Waals surface area (Å²) < 4.78 is 20.8. The molecule has 0 saturated carbocycles. The van der Waals surface area contributed by atoms with E-state index in [1.165, 1.54) is 13.2 Å². The van der Waals surface area contributed by atoms with Gasteiger partial charge in [-0.1, -0.05) is 0 Å². The lowest BCUT2D eigenvalue weighted by Gasteiger charge is -2.20. The summed E-state index contributed by atoms with van der Waals surface area (Å²) in [4.78, 5) is 23.7. The lowest BCUT2D eigenvalue weighted by Crippen LogP contribution is -2.36. The van der Waals surface area contributed by atoms with Gasteiger partial charge in [-0.25, -0.2) is 9.59 Å². The molecular formula is C20H30N2O6. The first-order chi connectivity index (χ1) is 13.2. The number of esters is 1. The lowest BCUT2D eigenvalue weighted by molar-refractivity contribution is -0.137. The third kappa shape index (κ3) is 8.20. The van der Waals surface area contributed by atoms with Gasteiger partial charge >= 0.3 is 12.1 Å². The summed E-state index contributed by atoms with van der Waals surface area (Å²) in [6.45, 7) is 8.04. The van der Waals surface area contributed by atoms with Crippen LogP contribution in [0.2, 0.25) is 0 Å². The van der Waals surface area contributed by atoms with Gasteiger partial charge in [0.05, 0.1) is 26.5 Å². The molecule has 0 unspecified atom stereocenters. The third-order valence-electron chi connectivity index (χ3n) is 3.36. The molecule has 28 heavy (non-hydrogen) atoms. The Bertz CT molecular complexity index is 694. The Morgan fingerprint density at radius 3 is 2.32 bits per heavy atom. The first-order valence-electron chi connectivity index (χ1n) is 9.01. The lowest BCUT2D eigenvalue weighted by atomic mass is 10.1. The predicted molar refractivity (Wildman–Crippen MR) is 106 cm³/mol. The minimum absolute atomic E-state index is 0.266. The topological polar surface area (TPSA) is 95.1 Å². The molecule has 0 fully saturated rings. The number of hydrogen-bond acceptors (Lipinski definition) is 7. The van der Waals surface area contributed by atoms with Crippen molar-refractivity contribution in [2.24, 2.45) is 0 Å². The van der Waals surface area contributed by atoms with Crippen molar-refractivity contribution in [1.29, 1.82) is 0 Å². The molecule has 0 saturated heterocycles. The molecule has 0 aliphatic heterocycles. The zero-order valence-electron chi connectivity index (χ0n) is 17.4. The average Bonchev–Trinajstić information content (AvgIpc) is 2.62. The average molecular weight is 394 g/mol. The highest BCUT2D eigenvalue weighted by Gasteiger charge is 2.16. The summed E-state index contributed by atoms with van der Waals surface area (Å²) in [7, 11) is 3.09. The molecule has 1 amide bonds. The first kappa shape index (κ1) is 23.1. The van der Waals surface area contributed by atoms with E-state index in [1.807, 2.05) is 0 Å². The van der Waals surface area contributed by atoms with E-state index in [4.69, 9.17) is 18.9 Å². The molecule has 8 nitrogen and oxygen atoms in total. The van der Waals surface area contributed by atoms with Crippen molar-refractivity contribution in [3.05, 3.63) is 29.8 Å². The molecule has 0 aliphatic rings. The first-order valence-corrected chi connectivity index (χ1v) is 9.01. The Morgan fingerprint density at radius 1 is 1.07 bits per heavy atom. The molecule has 1 aromatic rings. The largest absolute Gasteiger partial charge is 0.497 e. The van der Waals surface area contributed by atoms with Crippen molar-refractivity contribution in [3.8, 4) is 11.5 Å². The van der Waals surface area contributed by atoms with E-state index in [9.17, 15) is 9.59 Å². The minimum Gasteiger partial charge on any atom is -0.497 e. The molecule has 0 heterocycles. The molecule has 0 atom stereocenters. The number of carbonyl (C=O) groups is 2. The van der Waals surface area contributed by atoms with Crippen LogP contribution in [0.1, 0.15) is 33.3 Å². The fraction of sp³-hybridized carbons (Fsp3) is 0.500. The van der Waals surface area contributed by atoms with Gasteiger partial charge in [-0.05, 0) is 39.8 Å². The normalized spacial score (nSPS) is 11.4. The Morgan fingerprint density at radius 2 is 1.75 bits per heavy atom. The third-order valence-corrected chi connectivity index (χ3v) is 3.36. The second-order valence-corrected chi connectivity index (χ2v) is 6.73.